The van der Waals surface area contributed by atoms with Crippen LogP contribution in [0.3, 0.4) is 0 Å². The van der Waals surface area contributed by atoms with Crippen molar-refractivity contribution in [1.29, 1.82) is 0 Å². The maximum absolute atomic E-state index is 12.5. The van der Waals surface area contributed by atoms with Gasteiger partial charge < -0.3 is 14.8 Å². The average molecular weight is 387 g/mol. The van der Waals surface area contributed by atoms with Gasteiger partial charge in [0.25, 0.3) is 5.91 Å². The van der Waals surface area contributed by atoms with E-state index in [2.05, 4.69) is 17.4 Å². The van der Waals surface area contributed by atoms with Crippen molar-refractivity contribution < 1.29 is 14.3 Å². The summed E-state index contributed by atoms with van der Waals surface area (Å²) < 4.78 is 11.7. The summed E-state index contributed by atoms with van der Waals surface area (Å²) >= 11 is 0. The average Bonchev–Trinajstić information content (AvgIpc) is 2.76. The third-order valence-corrected chi connectivity index (χ3v) is 5.10. The molecule has 0 fully saturated rings. The quantitative estimate of drug-likeness (QED) is 0.585. The normalized spacial score (nSPS) is 13.8. The summed E-state index contributed by atoms with van der Waals surface area (Å²) in [5, 5.41) is 2.90. The smallest absolute Gasteiger partial charge is 0.265 e. The van der Waals surface area contributed by atoms with E-state index < -0.39 is 6.10 Å². The van der Waals surface area contributed by atoms with Gasteiger partial charge in [-0.05, 0) is 92.3 Å². The van der Waals surface area contributed by atoms with E-state index in [0.717, 1.165) is 24.3 Å². The second kappa shape index (κ2) is 8.82. The lowest BCUT2D eigenvalue weighted by molar-refractivity contribution is -0.122. The van der Waals surface area contributed by atoms with Crippen LogP contribution in [0.4, 0.5) is 5.69 Å². The molecule has 0 saturated heterocycles. The first-order chi connectivity index (χ1) is 14.2. The topological polar surface area (TPSA) is 47.6 Å². The first-order valence-electron chi connectivity index (χ1n) is 10.1. The third-order valence-electron chi connectivity index (χ3n) is 5.10. The van der Waals surface area contributed by atoms with Gasteiger partial charge in [0.15, 0.2) is 6.10 Å². The van der Waals surface area contributed by atoms with Gasteiger partial charge >= 0.3 is 0 Å². The van der Waals surface area contributed by atoms with E-state index in [1.807, 2.05) is 60.7 Å². The summed E-state index contributed by atoms with van der Waals surface area (Å²) in [7, 11) is 0. The number of nitrogens with one attached hydrogen (secondary N) is 1. The molecule has 0 bridgehead atoms. The highest BCUT2D eigenvalue weighted by atomic mass is 16.5. The zero-order valence-electron chi connectivity index (χ0n) is 16.6. The number of fused-ring (bicyclic) bond motifs is 1. The molecule has 1 aliphatic rings. The molecule has 4 nitrogen and oxygen atoms in total. The van der Waals surface area contributed by atoms with Crippen LogP contribution in [-0.4, -0.2) is 12.0 Å². The van der Waals surface area contributed by atoms with Gasteiger partial charge in [0.1, 0.15) is 17.2 Å². The lowest BCUT2D eigenvalue weighted by Crippen LogP contribution is -2.30. The van der Waals surface area contributed by atoms with Gasteiger partial charge in [-0.1, -0.05) is 24.3 Å². The van der Waals surface area contributed by atoms with E-state index in [-0.39, 0.29) is 5.91 Å². The summed E-state index contributed by atoms with van der Waals surface area (Å²) in [4.78, 5) is 12.5. The van der Waals surface area contributed by atoms with Crippen LogP contribution in [0, 0.1) is 0 Å². The van der Waals surface area contributed by atoms with Crippen molar-refractivity contribution in [1.82, 2.24) is 0 Å². The molecule has 3 aromatic rings. The summed E-state index contributed by atoms with van der Waals surface area (Å²) in [5.41, 5.74) is 3.45. The fourth-order valence-electron chi connectivity index (χ4n) is 3.52. The van der Waals surface area contributed by atoms with Crippen LogP contribution in [0.2, 0.25) is 0 Å². The van der Waals surface area contributed by atoms with Crippen molar-refractivity contribution in [2.45, 2.75) is 38.7 Å². The highest BCUT2D eigenvalue weighted by Gasteiger charge is 2.16. The largest absolute Gasteiger partial charge is 0.481 e. The molecule has 0 aliphatic heterocycles. The Labute approximate surface area is 171 Å². The Morgan fingerprint density at radius 3 is 2.24 bits per heavy atom. The SMILES string of the molecule is C[C@@H](Oc1ccc2c(c1)CCCC2)C(=O)Nc1ccc(Oc2ccccc2)cc1. The molecule has 0 unspecified atom stereocenters. The zero-order valence-corrected chi connectivity index (χ0v) is 16.6. The molecular formula is C25H25NO3. The summed E-state index contributed by atoms with van der Waals surface area (Å²) in [6, 6.07) is 23.1. The number of para-hydroxylation sites is 1. The molecule has 0 aromatic heterocycles. The third kappa shape index (κ3) is 4.96. The van der Waals surface area contributed by atoms with Gasteiger partial charge in [0.05, 0.1) is 0 Å². The molecular weight excluding hydrogens is 362 g/mol. The Morgan fingerprint density at radius 2 is 1.48 bits per heavy atom. The first-order valence-corrected chi connectivity index (χ1v) is 10.1. The van der Waals surface area contributed by atoms with Crippen LogP contribution < -0.4 is 14.8 Å². The predicted molar refractivity (Wildman–Crippen MR) is 115 cm³/mol. The Hall–Kier alpha value is -3.27. The van der Waals surface area contributed by atoms with Crippen LogP contribution in [0.5, 0.6) is 17.2 Å². The van der Waals surface area contributed by atoms with E-state index in [4.69, 9.17) is 9.47 Å². The van der Waals surface area contributed by atoms with Crippen molar-refractivity contribution in [3.63, 3.8) is 0 Å². The van der Waals surface area contributed by atoms with E-state index >= 15 is 0 Å². The van der Waals surface area contributed by atoms with E-state index in [1.165, 1.54) is 24.0 Å². The Balaban J connectivity index is 1.33. The predicted octanol–water partition coefficient (Wildman–Crippen LogP) is 5.76. The van der Waals surface area contributed by atoms with Crippen LogP contribution in [0.15, 0.2) is 72.8 Å². The molecule has 1 N–H and O–H groups in total. The number of hydrogen-bond donors (Lipinski definition) is 1. The van der Waals surface area contributed by atoms with Crippen molar-refractivity contribution in [2.75, 3.05) is 5.32 Å². The molecule has 148 valence electrons. The van der Waals surface area contributed by atoms with Crippen molar-refractivity contribution >= 4 is 11.6 Å². The fraction of sp³-hybridized carbons (Fsp3) is 0.240. The number of ether oxygens (including phenoxy) is 2. The van der Waals surface area contributed by atoms with E-state index in [1.54, 1.807) is 6.92 Å². The van der Waals surface area contributed by atoms with Gasteiger partial charge in [0, 0.05) is 5.69 Å². The molecule has 0 spiro atoms. The number of benzene rings is 3. The minimum Gasteiger partial charge on any atom is -0.481 e. The molecule has 1 atom stereocenters. The van der Waals surface area contributed by atoms with Gasteiger partial charge in [-0.15, -0.1) is 0 Å². The minimum atomic E-state index is -0.586. The van der Waals surface area contributed by atoms with E-state index in [0.29, 0.717) is 11.4 Å². The molecule has 4 rings (SSSR count). The maximum atomic E-state index is 12.5. The van der Waals surface area contributed by atoms with Crippen molar-refractivity contribution in [2.24, 2.45) is 0 Å². The zero-order chi connectivity index (χ0) is 20.1. The lowest BCUT2D eigenvalue weighted by Gasteiger charge is -2.19. The monoisotopic (exact) mass is 387 g/mol. The number of aryl methyl sites for hydroxylation is 2. The number of rotatable bonds is 6. The summed E-state index contributed by atoms with van der Waals surface area (Å²) in [6.45, 7) is 1.77. The molecule has 0 heterocycles. The highest BCUT2D eigenvalue weighted by molar-refractivity contribution is 5.94. The van der Waals surface area contributed by atoms with E-state index in [9.17, 15) is 4.79 Å². The lowest BCUT2D eigenvalue weighted by atomic mass is 9.92. The molecule has 0 radical (unpaired) electrons. The molecule has 3 aromatic carbocycles. The number of hydrogen-bond acceptors (Lipinski definition) is 3. The second-order valence-electron chi connectivity index (χ2n) is 7.33. The number of carbonyl (C=O) groups is 1. The highest BCUT2D eigenvalue weighted by Crippen LogP contribution is 2.26. The van der Waals surface area contributed by atoms with Gasteiger partial charge in [0.2, 0.25) is 0 Å². The number of anilines is 1. The van der Waals surface area contributed by atoms with Crippen LogP contribution in [-0.2, 0) is 17.6 Å². The molecule has 0 saturated carbocycles. The fourth-order valence-corrected chi connectivity index (χ4v) is 3.52. The molecule has 1 aliphatic carbocycles. The van der Waals surface area contributed by atoms with Gasteiger partial charge in [-0.25, -0.2) is 0 Å². The summed E-state index contributed by atoms with van der Waals surface area (Å²) in [5.74, 6) is 2.06. The van der Waals surface area contributed by atoms with Crippen LogP contribution >= 0.6 is 0 Å². The maximum Gasteiger partial charge on any atom is 0.265 e. The molecule has 4 heteroatoms. The summed E-state index contributed by atoms with van der Waals surface area (Å²) in [6.07, 6.45) is 4.11. The standard InChI is InChI=1S/C25H25NO3/c1-18(28-24-14-11-19-7-5-6-8-20(19)17-24)25(27)26-21-12-15-23(16-13-21)29-22-9-3-2-4-10-22/h2-4,9-18H,5-8H2,1H3,(H,26,27)/t18-/m1/s1. The second-order valence-corrected chi connectivity index (χ2v) is 7.33. The number of amides is 1. The van der Waals surface area contributed by atoms with Crippen molar-refractivity contribution in [3.05, 3.63) is 83.9 Å². The van der Waals surface area contributed by atoms with Crippen LogP contribution in [0.25, 0.3) is 0 Å². The Morgan fingerprint density at radius 1 is 0.828 bits per heavy atom. The van der Waals surface area contributed by atoms with Gasteiger partial charge in [-0.2, -0.15) is 0 Å². The number of carbonyl (C=O) groups excluding carboxylic acids is 1. The minimum absolute atomic E-state index is 0.181. The Bertz CT molecular complexity index is 967. The van der Waals surface area contributed by atoms with Gasteiger partial charge in [-0.3, -0.25) is 4.79 Å². The molecule has 29 heavy (non-hydrogen) atoms. The van der Waals surface area contributed by atoms with Crippen molar-refractivity contribution in [3.8, 4) is 17.2 Å². The molecule has 1 amide bonds. The Kier molecular flexibility index (Phi) is 5.80. The first kappa shape index (κ1) is 19.1. The van der Waals surface area contributed by atoms with Crippen LogP contribution in [0.1, 0.15) is 30.9 Å².